The van der Waals surface area contributed by atoms with Crippen LogP contribution in [0.15, 0.2) is 12.2 Å². The van der Waals surface area contributed by atoms with Crippen LogP contribution in [0.1, 0.15) is 161 Å². The summed E-state index contributed by atoms with van der Waals surface area (Å²) in [6, 6.07) is 0. The summed E-state index contributed by atoms with van der Waals surface area (Å²) < 4.78 is 0. The van der Waals surface area contributed by atoms with E-state index in [-0.39, 0.29) is 5.92 Å². The first-order chi connectivity index (χ1) is 16.6. The first-order valence-electron chi connectivity index (χ1n) is 14.7. The van der Waals surface area contributed by atoms with Gasteiger partial charge in [0.05, 0.1) is 5.92 Å². The molecule has 0 radical (unpaired) electrons. The molecule has 2 N–H and O–H groups in total. The molecule has 1 unspecified atom stereocenters. The van der Waals surface area contributed by atoms with Crippen LogP contribution in [0.3, 0.4) is 0 Å². The topological polar surface area (TPSA) is 74.6 Å². The first kappa shape index (κ1) is 32.7. The monoisotopic (exact) mass is 480 g/mol. The quantitative estimate of drug-likeness (QED) is 0.0906. The van der Waals surface area contributed by atoms with Crippen molar-refractivity contribution in [3.63, 3.8) is 0 Å². The van der Waals surface area contributed by atoms with Crippen molar-refractivity contribution in [1.82, 2.24) is 0 Å². The summed E-state index contributed by atoms with van der Waals surface area (Å²) in [5, 5.41) is 18.1. The highest BCUT2D eigenvalue weighted by Gasteiger charge is 2.16. The molecule has 0 fully saturated rings. The van der Waals surface area contributed by atoms with E-state index in [1.54, 1.807) is 0 Å². The second-order valence-electron chi connectivity index (χ2n) is 10.2. The minimum Gasteiger partial charge on any atom is -0.481 e. The summed E-state index contributed by atoms with van der Waals surface area (Å²) in [5.41, 5.74) is 0. The molecule has 0 aromatic rings. The van der Waals surface area contributed by atoms with Crippen molar-refractivity contribution >= 4 is 11.9 Å². The van der Waals surface area contributed by atoms with Gasteiger partial charge in [-0.25, -0.2) is 0 Å². The number of aliphatic carboxylic acids is 2. The fourth-order valence-electron chi connectivity index (χ4n) is 4.58. The van der Waals surface area contributed by atoms with Crippen LogP contribution in [0.2, 0.25) is 0 Å². The van der Waals surface area contributed by atoms with Gasteiger partial charge in [-0.3, -0.25) is 9.59 Å². The Morgan fingerprint density at radius 3 is 1.35 bits per heavy atom. The largest absolute Gasteiger partial charge is 0.481 e. The van der Waals surface area contributed by atoms with Gasteiger partial charge < -0.3 is 10.2 Å². The van der Waals surface area contributed by atoms with Gasteiger partial charge in [-0.2, -0.15) is 0 Å². The average Bonchev–Trinajstić information content (AvgIpc) is 2.80. The van der Waals surface area contributed by atoms with Gasteiger partial charge in [0.1, 0.15) is 0 Å². The number of carboxylic acids is 2. The van der Waals surface area contributed by atoms with E-state index in [0.29, 0.717) is 6.42 Å². The number of hydrogen-bond donors (Lipinski definition) is 2. The molecule has 4 nitrogen and oxygen atoms in total. The molecule has 0 rings (SSSR count). The number of carbonyl (C=O) groups is 2. The molecule has 0 aromatic heterocycles. The molecule has 0 aromatic carbocycles. The van der Waals surface area contributed by atoms with Crippen LogP contribution >= 0.6 is 0 Å². The number of hydrogen-bond acceptors (Lipinski definition) is 2. The van der Waals surface area contributed by atoms with Gasteiger partial charge in [0.15, 0.2) is 0 Å². The van der Waals surface area contributed by atoms with Crippen LogP contribution in [0.5, 0.6) is 0 Å². The minimum atomic E-state index is -0.681. The molecule has 0 aliphatic heterocycles. The van der Waals surface area contributed by atoms with Crippen molar-refractivity contribution in [1.29, 1.82) is 0 Å². The second kappa shape index (κ2) is 26.3. The van der Waals surface area contributed by atoms with Crippen molar-refractivity contribution < 1.29 is 19.8 Å². The zero-order chi connectivity index (χ0) is 25.1. The fourth-order valence-corrected chi connectivity index (χ4v) is 4.58. The lowest BCUT2D eigenvalue weighted by Gasteiger charge is -2.12. The lowest BCUT2D eigenvalue weighted by molar-refractivity contribution is -0.142. The highest BCUT2D eigenvalue weighted by molar-refractivity contribution is 5.69. The van der Waals surface area contributed by atoms with Gasteiger partial charge in [-0.05, 0) is 44.9 Å². The first-order valence-corrected chi connectivity index (χ1v) is 14.7. The van der Waals surface area contributed by atoms with Gasteiger partial charge in [-0.15, -0.1) is 0 Å². The summed E-state index contributed by atoms with van der Waals surface area (Å²) in [5.74, 6) is -1.40. The third-order valence-electron chi connectivity index (χ3n) is 6.86. The molecule has 0 spiro atoms. The SMILES string of the molecule is CCCCCCCCCCC(CCCCCCCCC=CCCCCCCCC(=O)O)C(=O)O. The molecule has 0 amide bonds. The average molecular weight is 481 g/mol. The van der Waals surface area contributed by atoms with E-state index >= 15 is 0 Å². The molecule has 0 bridgehead atoms. The molecule has 34 heavy (non-hydrogen) atoms. The summed E-state index contributed by atoms with van der Waals surface area (Å²) in [6.07, 6.45) is 31.8. The highest BCUT2D eigenvalue weighted by Crippen LogP contribution is 2.20. The molecular formula is C30H56O4. The molecule has 0 saturated carbocycles. The number of rotatable bonds is 27. The van der Waals surface area contributed by atoms with E-state index in [4.69, 9.17) is 5.11 Å². The third kappa shape index (κ3) is 25.3. The number of carboxylic acid groups (broad SMARTS) is 2. The number of unbranched alkanes of at least 4 members (excludes halogenated alkanes) is 18. The zero-order valence-corrected chi connectivity index (χ0v) is 22.4. The van der Waals surface area contributed by atoms with Crippen LogP contribution in [0.4, 0.5) is 0 Å². The Kier molecular flexibility index (Phi) is 25.3. The zero-order valence-electron chi connectivity index (χ0n) is 22.4. The van der Waals surface area contributed by atoms with E-state index in [2.05, 4.69) is 19.1 Å². The molecule has 200 valence electrons. The predicted octanol–water partition coefficient (Wildman–Crippen LogP) is 9.71. The Hall–Kier alpha value is -1.32. The van der Waals surface area contributed by atoms with Crippen molar-refractivity contribution in [3.05, 3.63) is 12.2 Å². The van der Waals surface area contributed by atoms with Crippen molar-refractivity contribution in [2.75, 3.05) is 0 Å². The Labute approximate surface area is 211 Å². The molecule has 0 heterocycles. The smallest absolute Gasteiger partial charge is 0.306 e. The van der Waals surface area contributed by atoms with Crippen LogP contribution in [0, 0.1) is 5.92 Å². The van der Waals surface area contributed by atoms with E-state index < -0.39 is 11.9 Å². The lowest BCUT2D eigenvalue weighted by Crippen LogP contribution is -2.13. The normalized spacial score (nSPS) is 12.4. The van der Waals surface area contributed by atoms with Gasteiger partial charge in [0.25, 0.3) is 0 Å². The molecular weight excluding hydrogens is 424 g/mol. The van der Waals surface area contributed by atoms with Crippen molar-refractivity contribution in [3.8, 4) is 0 Å². The van der Waals surface area contributed by atoms with Crippen LogP contribution in [-0.4, -0.2) is 22.2 Å². The summed E-state index contributed by atoms with van der Waals surface area (Å²) in [4.78, 5) is 22.0. The maximum absolute atomic E-state index is 11.5. The standard InChI is InChI=1S/C30H56O4/c1-2-3-4-5-6-16-19-22-25-28(30(33)34)26-23-20-17-14-12-10-8-7-9-11-13-15-18-21-24-27-29(31)32/h7,9,28H,2-6,8,10-27H2,1H3,(H,31,32)(H,33,34). The number of allylic oxidation sites excluding steroid dienone is 2. The molecule has 0 aliphatic carbocycles. The minimum absolute atomic E-state index is 0.130. The third-order valence-corrected chi connectivity index (χ3v) is 6.86. The Morgan fingerprint density at radius 2 is 0.941 bits per heavy atom. The second-order valence-corrected chi connectivity index (χ2v) is 10.2. The molecule has 0 saturated heterocycles. The van der Waals surface area contributed by atoms with E-state index in [9.17, 15) is 14.7 Å². The Bertz CT molecular complexity index is 486. The van der Waals surface area contributed by atoms with Crippen LogP contribution in [0.25, 0.3) is 0 Å². The van der Waals surface area contributed by atoms with E-state index in [1.807, 2.05) is 0 Å². The highest BCUT2D eigenvalue weighted by atomic mass is 16.4. The van der Waals surface area contributed by atoms with Crippen molar-refractivity contribution in [2.45, 2.75) is 161 Å². The summed E-state index contributed by atoms with van der Waals surface area (Å²) in [7, 11) is 0. The van der Waals surface area contributed by atoms with Gasteiger partial charge >= 0.3 is 11.9 Å². The molecule has 0 aliphatic rings. The van der Waals surface area contributed by atoms with E-state index in [1.165, 1.54) is 89.9 Å². The van der Waals surface area contributed by atoms with Gasteiger partial charge in [0, 0.05) is 6.42 Å². The lowest BCUT2D eigenvalue weighted by atomic mass is 9.94. The summed E-state index contributed by atoms with van der Waals surface area (Å²) in [6.45, 7) is 2.24. The van der Waals surface area contributed by atoms with Gasteiger partial charge in [-0.1, -0.05) is 122 Å². The Balaban J connectivity index is 3.44. The fraction of sp³-hybridized carbons (Fsp3) is 0.867. The maximum Gasteiger partial charge on any atom is 0.306 e. The van der Waals surface area contributed by atoms with Crippen LogP contribution < -0.4 is 0 Å². The van der Waals surface area contributed by atoms with Crippen LogP contribution in [-0.2, 0) is 9.59 Å². The Morgan fingerprint density at radius 1 is 0.559 bits per heavy atom. The summed E-state index contributed by atoms with van der Waals surface area (Å²) >= 11 is 0. The van der Waals surface area contributed by atoms with E-state index in [0.717, 1.165) is 57.8 Å². The maximum atomic E-state index is 11.5. The predicted molar refractivity (Wildman–Crippen MR) is 144 cm³/mol. The van der Waals surface area contributed by atoms with Crippen molar-refractivity contribution in [2.24, 2.45) is 5.92 Å². The van der Waals surface area contributed by atoms with Gasteiger partial charge in [0.2, 0.25) is 0 Å². The molecule has 4 heteroatoms. The molecule has 1 atom stereocenters.